The number of carbonyl (C=O) groups excluding carboxylic acids is 1. The molecular weight excluding hydrogens is 459 g/mol. The lowest BCUT2D eigenvalue weighted by Gasteiger charge is -2.12. The van der Waals surface area contributed by atoms with E-state index < -0.39 is 10.0 Å². The number of rotatable bonds is 7. The SMILES string of the molecule is Cc1cccc(C)c1NC(=O)COc1ccc(S(=O)(=O)Nc2cc(Cl)cc(Cl)c2)cc1. The number of anilines is 2. The molecule has 0 aliphatic rings. The molecule has 0 aliphatic heterocycles. The highest BCUT2D eigenvalue weighted by Gasteiger charge is 2.15. The minimum Gasteiger partial charge on any atom is -0.484 e. The summed E-state index contributed by atoms with van der Waals surface area (Å²) in [6, 6.07) is 15.9. The van der Waals surface area contributed by atoms with Gasteiger partial charge in [0.2, 0.25) is 0 Å². The van der Waals surface area contributed by atoms with Gasteiger partial charge in [0.05, 0.1) is 10.6 Å². The highest BCUT2D eigenvalue weighted by atomic mass is 35.5. The van der Waals surface area contributed by atoms with Crippen LogP contribution in [0.2, 0.25) is 10.0 Å². The van der Waals surface area contributed by atoms with Crippen LogP contribution in [0.25, 0.3) is 0 Å². The topological polar surface area (TPSA) is 84.5 Å². The lowest BCUT2D eigenvalue weighted by atomic mass is 10.1. The molecule has 3 aromatic carbocycles. The molecule has 0 saturated carbocycles. The third kappa shape index (κ3) is 6.13. The second-order valence-electron chi connectivity index (χ2n) is 6.84. The van der Waals surface area contributed by atoms with Gasteiger partial charge in [-0.1, -0.05) is 41.4 Å². The first-order valence-corrected chi connectivity index (χ1v) is 11.5. The number of hydrogen-bond acceptors (Lipinski definition) is 4. The summed E-state index contributed by atoms with van der Waals surface area (Å²) in [5.41, 5.74) is 2.92. The van der Waals surface area contributed by atoms with Crippen molar-refractivity contribution < 1.29 is 17.9 Å². The van der Waals surface area contributed by atoms with Gasteiger partial charge >= 0.3 is 0 Å². The maximum absolute atomic E-state index is 12.6. The molecule has 162 valence electrons. The molecule has 31 heavy (non-hydrogen) atoms. The van der Waals surface area contributed by atoms with Crippen LogP contribution in [0, 0.1) is 13.8 Å². The predicted molar refractivity (Wildman–Crippen MR) is 124 cm³/mol. The molecule has 0 aliphatic carbocycles. The van der Waals surface area contributed by atoms with Crippen LogP contribution in [0.1, 0.15) is 11.1 Å². The van der Waals surface area contributed by atoms with Gasteiger partial charge in [-0.3, -0.25) is 9.52 Å². The summed E-state index contributed by atoms with van der Waals surface area (Å²) in [6.45, 7) is 3.61. The van der Waals surface area contributed by atoms with Crippen molar-refractivity contribution >= 4 is 50.5 Å². The predicted octanol–water partition coefficient (Wildman–Crippen LogP) is 5.43. The number of sulfonamides is 1. The Labute approximate surface area is 191 Å². The molecule has 0 aromatic heterocycles. The monoisotopic (exact) mass is 478 g/mol. The Hall–Kier alpha value is -2.74. The van der Waals surface area contributed by atoms with Crippen LogP contribution >= 0.6 is 23.2 Å². The van der Waals surface area contributed by atoms with Crippen molar-refractivity contribution in [1.82, 2.24) is 0 Å². The molecule has 0 atom stereocenters. The third-order valence-corrected chi connectivity index (χ3v) is 6.20. The van der Waals surface area contributed by atoms with Crippen molar-refractivity contribution in [1.29, 1.82) is 0 Å². The van der Waals surface area contributed by atoms with Crippen molar-refractivity contribution in [2.45, 2.75) is 18.7 Å². The fourth-order valence-electron chi connectivity index (χ4n) is 2.88. The fourth-order valence-corrected chi connectivity index (χ4v) is 4.44. The summed E-state index contributed by atoms with van der Waals surface area (Å²) in [4.78, 5) is 12.2. The van der Waals surface area contributed by atoms with Crippen LogP contribution in [0.4, 0.5) is 11.4 Å². The molecule has 0 saturated heterocycles. The maximum Gasteiger partial charge on any atom is 0.262 e. The summed E-state index contributed by atoms with van der Waals surface area (Å²) in [5.74, 6) is 0.0509. The second-order valence-corrected chi connectivity index (χ2v) is 9.39. The van der Waals surface area contributed by atoms with E-state index in [1.165, 1.54) is 42.5 Å². The Kier molecular flexibility index (Phi) is 7.10. The number of carbonyl (C=O) groups is 1. The van der Waals surface area contributed by atoms with Gasteiger partial charge in [0.15, 0.2) is 6.61 Å². The zero-order valence-corrected chi connectivity index (χ0v) is 19.1. The van der Waals surface area contributed by atoms with Crippen LogP contribution in [-0.2, 0) is 14.8 Å². The summed E-state index contributed by atoms with van der Waals surface area (Å²) in [6.07, 6.45) is 0. The van der Waals surface area contributed by atoms with Crippen LogP contribution in [0.15, 0.2) is 65.6 Å². The lowest BCUT2D eigenvalue weighted by molar-refractivity contribution is -0.118. The van der Waals surface area contributed by atoms with Crippen molar-refractivity contribution in [3.63, 3.8) is 0 Å². The van der Waals surface area contributed by atoms with Crippen molar-refractivity contribution in [3.8, 4) is 5.75 Å². The van der Waals surface area contributed by atoms with Gasteiger partial charge in [-0.05, 0) is 67.4 Å². The number of ether oxygens (including phenoxy) is 1. The average molecular weight is 479 g/mol. The van der Waals surface area contributed by atoms with Gasteiger partial charge in [0.1, 0.15) is 5.75 Å². The number of hydrogen-bond donors (Lipinski definition) is 2. The molecule has 3 rings (SSSR count). The van der Waals surface area contributed by atoms with Crippen molar-refractivity contribution in [2.24, 2.45) is 0 Å². The molecule has 9 heteroatoms. The van der Waals surface area contributed by atoms with Crippen molar-refractivity contribution in [3.05, 3.63) is 81.8 Å². The average Bonchev–Trinajstić information content (AvgIpc) is 2.68. The number of aryl methyl sites for hydroxylation is 2. The minimum atomic E-state index is -3.85. The van der Waals surface area contributed by atoms with Gasteiger partial charge in [0, 0.05) is 15.7 Å². The molecule has 0 bridgehead atoms. The molecule has 0 radical (unpaired) electrons. The molecule has 2 N–H and O–H groups in total. The normalized spacial score (nSPS) is 11.1. The molecule has 3 aromatic rings. The lowest BCUT2D eigenvalue weighted by Crippen LogP contribution is -2.21. The van der Waals surface area contributed by atoms with E-state index in [2.05, 4.69) is 10.0 Å². The number of halogens is 2. The smallest absolute Gasteiger partial charge is 0.262 e. The first-order chi connectivity index (χ1) is 14.6. The Balaban J connectivity index is 1.62. The summed E-state index contributed by atoms with van der Waals surface area (Å²) < 4.78 is 33.0. The maximum atomic E-state index is 12.6. The first kappa shape index (κ1) is 22.9. The fraction of sp³-hybridized carbons (Fsp3) is 0.136. The Bertz CT molecular complexity index is 1170. The molecule has 6 nitrogen and oxygen atoms in total. The van der Waals surface area contributed by atoms with E-state index in [4.69, 9.17) is 27.9 Å². The highest BCUT2D eigenvalue weighted by molar-refractivity contribution is 7.92. The zero-order chi connectivity index (χ0) is 22.6. The van der Waals surface area contributed by atoms with E-state index in [-0.39, 0.29) is 23.1 Å². The summed E-state index contributed by atoms with van der Waals surface area (Å²) in [5, 5.41) is 3.46. The number of nitrogens with one attached hydrogen (secondary N) is 2. The van der Waals surface area contributed by atoms with Crippen LogP contribution in [-0.4, -0.2) is 20.9 Å². The zero-order valence-electron chi connectivity index (χ0n) is 16.8. The Morgan fingerprint density at radius 2 is 1.52 bits per heavy atom. The number of para-hydroxylation sites is 1. The summed E-state index contributed by atoms with van der Waals surface area (Å²) >= 11 is 11.8. The Morgan fingerprint density at radius 3 is 2.10 bits per heavy atom. The quantitative estimate of drug-likeness (QED) is 0.474. The van der Waals surface area contributed by atoms with Gasteiger partial charge < -0.3 is 10.1 Å². The van der Waals surface area contributed by atoms with E-state index in [0.29, 0.717) is 15.8 Å². The molecule has 0 fully saturated rings. The van der Waals surface area contributed by atoms with Gasteiger partial charge in [0.25, 0.3) is 15.9 Å². The van der Waals surface area contributed by atoms with E-state index in [9.17, 15) is 13.2 Å². The second kappa shape index (κ2) is 9.60. The first-order valence-electron chi connectivity index (χ1n) is 9.22. The summed E-state index contributed by atoms with van der Waals surface area (Å²) in [7, 11) is -3.85. The van der Waals surface area contributed by atoms with Crippen molar-refractivity contribution in [2.75, 3.05) is 16.6 Å². The molecular formula is C22H20Cl2N2O4S. The largest absolute Gasteiger partial charge is 0.484 e. The van der Waals surface area contributed by atoms with Crippen LogP contribution in [0.3, 0.4) is 0 Å². The van der Waals surface area contributed by atoms with Crippen LogP contribution in [0.5, 0.6) is 5.75 Å². The van der Waals surface area contributed by atoms with Gasteiger partial charge in [-0.25, -0.2) is 8.42 Å². The molecule has 0 spiro atoms. The Morgan fingerprint density at radius 1 is 0.935 bits per heavy atom. The molecule has 0 heterocycles. The third-order valence-electron chi connectivity index (χ3n) is 4.36. The van der Waals surface area contributed by atoms with Gasteiger partial charge in [-0.2, -0.15) is 0 Å². The molecule has 0 unspecified atom stereocenters. The number of amides is 1. The van der Waals surface area contributed by atoms with E-state index in [0.717, 1.165) is 16.8 Å². The van der Waals surface area contributed by atoms with E-state index in [1.807, 2.05) is 32.0 Å². The van der Waals surface area contributed by atoms with Gasteiger partial charge in [-0.15, -0.1) is 0 Å². The van der Waals surface area contributed by atoms with Crippen LogP contribution < -0.4 is 14.8 Å². The molecule has 1 amide bonds. The minimum absolute atomic E-state index is 0.0240. The van der Waals surface area contributed by atoms with E-state index >= 15 is 0 Å². The van der Waals surface area contributed by atoms with E-state index in [1.54, 1.807) is 0 Å². The standard InChI is InChI=1S/C22H20Cl2N2O4S/c1-14-4-3-5-15(2)22(14)25-21(27)13-30-19-6-8-20(9-7-19)31(28,29)26-18-11-16(23)10-17(24)12-18/h3-12,26H,13H2,1-2H3,(H,25,27). The highest BCUT2D eigenvalue weighted by Crippen LogP contribution is 2.25. The number of benzene rings is 3.